The van der Waals surface area contributed by atoms with Gasteiger partial charge < -0.3 is 10.2 Å². The van der Waals surface area contributed by atoms with Gasteiger partial charge in [0.2, 0.25) is 22.3 Å². The Morgan fingerprint density at radius 2 is 1.92 bits per heavy atom. The second-order valence-corrected chi connectivity index (χ2v) is 8.32. The van der Waals surface area contributed by atoms with Crippen LogP contribution in [0.4, 0.5) is 0 Å². The van der Waals surface area contributed by atoms with Gasteiger partial charge in [-0.1, -0.05) is 24.3 Å². The number of amides is 2. The van der Waals surface area contributed by atoms with Gasteiger partial charge in [0.15, 0.2) is 0 Å². The van der Waals surface area contributed by atoms with E-state index in [2.05, 4.69) is 10.0 Å². The van der Waals surface area contributed by atoms with Crippen molar-refractivity contribution in [3.8, 4) is 0 Å². The van der Waals surface area contributed by atoms with E-state index in [1.807, 2.05) is 0 Å². The molecule has 0 radical (unpaired) electrons. The molecule has 0 bridgehead atoms. The van der Waals surface area contributed by atoms with Crippen molar-refractivity contribution >= 4 is 22.3 Å². The molecule has 1 aliphatic heterocycles. The predicted molar refractivity (Wildman–Crippen MR) is 95.0 cm³/mol. The van der Waals surface area contributed by atoms with E-state index in [9.17, 15) is 18.0 Å². The number of carbonyl (C=O) groups is 2. The van der Waals surface area contributed by atoms with E-state index >= 15 is 0 Å². The Balaban J connectivity index is 1.88. The van der Waals surface area contributed by atoms with Crippen molar-refractivity contribution < 1.29 is 18.0 Å². The quantitative estimate of drug-likeness (QED) is 0.663. The van der Waals surface area contributed by atoms with Crippen LogP contribution in [0.15, 0.2) is 24.3 Å². The summed E-state index contributed by atoms with van der Waals surface area (Å²) < 4.78 is 26.4. The number of hydrogen-bond donors (Lipinski definition) is 2. The fraction of sp³-hybridized carbons (Fsp3) is 0.529. The van der Waals surface area contributed by atoms with E-state index in [-0.39, 0.29) is 23.7 Å². The summed E-state index contributed by atoms with van der Waals surface area (Å²) in [4.78, 5) is 24.6. The van der Waals surface area contributed by atoms with Gasteiger partial charge in [0.05, 0.1) is 5.75 Å². The van der Waals surface area contributed by atoms with Crippen molar-refractivity contribution in [1.82, 2.24) is 14.9 Å². The molecule has 0 spiro atoms. The highest BCUT2D eigenvalue weighted by atomic mass is 32.2. The van der Waals surface area contributed by atoms with Crippen LogP contribution in [0.5, 0.6) is 0 Å². The molecule has 0 saturated carbocycles. The van der Waals surface area contributed by atoms with E-state index in [1.54, 1.807) is 38.1 Å². The first-order valence-electron chi connectivity index (χ1n) is 8.37. The van der Waals surface area contributed by atoms with E-state index in [1.165, 1.54) is 4.90 Å². The third kappa shape index (κ3) is 5.82. The van der Waals surface area contributed by atoms with Crippen molar-refractivity contribution in [2.45, 2.75) is 51.1 Å². The monoisotopic (exact) mass is 367 g/mol. The van der Waals surface area contributed by atoms with Crippen molar-refractivity contribution in [1.29, 1.82) is 0 Å². The highest BCUT2D eigenvalue weighted by Gasteiger charge is 2.29. The van der Waals surface area contributed by atoms with Gasteiger partial charge in [0.1, 0.15) is 6.04 Å². The molecular weight excluding hydrogens is 342 g/mol. The Hall–Kier alpha value is -1.93. The number of carbonyl (C=O) groups excluding carboxylic acids is 2. The van der Waals surface area contributed by atoms with Gasteiger partial charge in [0.25, 0.3) is 0 Å². The maximum atomic E-state index is 12.1. The molecule has 1 aromatic carbocycles. The van der Waals surface area contributed by atoms with Gasteiger partial charge in [-0.15, -0.1) is 0 Å². The average molecular weight is 367 g/mol. The minimum atomic E-state index is -3.35. The Labute approximate surface area is 148 Å². The standard InChI is InChI=1S/C17H25N3O4S/c1-13(2)19-25(23,24)11-15-7-5-14(6-8-15)10-18-17(22)16-4-3-9-20(16)12-21/h5-8,12-13,16,19H,3-4,9-11H2,1-2H3,(H,18,22). The lowest BCUT2D eigenvalue weighted by Gasteiger charge is -2.19. The fourth-order valence-electron chi connectivity index (χ4n) is 2.88. The molecular formula is C17H25N3O4S. The SMILES string of the molecule is CC(C)NS(=O)(=O)Cc1ccc(CNC(=O)C2CCCN2C=O)cc1. The lowest BCUT2D eigenvalue weighted by Crippen LogP contribution is -2.42. The summed E-state index contributed by atoms with van der Waals surface area (Å²) in [5.41, 5.74) is 1.56. The van der Waals surface area contributed by atoms with Gasteiger partial charge in [0, 0.05) is 19.1 Å². The summed E-state index contributed by atoms with van der Waals surface area (Å²) in [5.74, 6) is -0.230. The van der Waals surface area contributed by atoms with Crippen LogP contribution in [0.2, 0.25) is 0 Å². The third-order valence-electron chi connectivity index (χ3n) is 3.99. The molecule has 1 saturated heterocycles. The van der Waals surface area contributed by atoms with E-state index in [4.69, 9.17) is 0 Å². The zero-order valence-corrected chi connectivity index (χ0v) is 15.4. The number of nitrogens with zero attached hydrogens (tertiary/aromatic N) is 1. The van der Waals surface area contributed by atoms with Crippen LogP contribution in [-0.2, 0) is 31.9 Å². The van der Waals surface area contributed by atoms with E-state index in [0.717, 1.165) is 18.4 Å². The minimum absolute atomic E-state index is 0.0752. The van der Waals surface area contributed by atoms with E-state index < -0.39 is 10.0 Å². The number of rotatable bonds is 8. The first kappa shape index (κ1) is 19.4. The molecule has 1 aliphatic rings. The molecule has 7 nitrogen and oxygen atoms in total. The molecule has 1 aromatic rings. The molecule has 1 heterocycles. The maximum Gasteiger partial charge on any atom is 0.243 e. The van der Waals surface area contributed by atoms with Crippen LogP contribution in [0.25, 0.3) is 0 Å². The summed E-state index contributed by atoms with van der Waals surface area (Å²) >= 11 is 0. The van der Waals surface area contributed by atoms with Gasteiger partial charge in [-0.3, -0.25) is 9.59 Å². The molecule has 1 fully saturated rings. The van der Waals surface area contributed by atoms with Gasteiger partial charge >= 0.3 is 0 Å². The average Bonchev–Trinajstić information content (AvgIpc) is 3.01. The highest BCUT2D eigenvalue weighted by molar-refractivity contribution is 7.88. The summed E-state index contributed by atoms with van der Waals surface area (Å²) in [6, 6.07) is 6.56. The fourth-order valence-corrected chi connectivity index (χ4v) is 4.31. The summed E-state index contributed by atoms with van der Waals surface area (Å²) in [7, 11) is -3.35. The summed E-state index contributed by atoms with van der Waals surface area (Å²) in [6.45, 7) is 4.52. The third-order valence-corrected chi connectivity index (χ3v) is 5.54. The molecule has 1 unspecified atom stereocenters. The number of likely N-dealkylation sites (tertiary alicyclic amines) is 1. The first-order chi connectivity index (χ1) is 11.8. The molecule has 2 N–H and O–H groups in total. The highest BCUT2D eigenvalue weighted by Crippen LogP contribution is 2.15. The van der Waals surface area contributed by atoms with Crippen LogP contribution in [0, 0.1) is 0 Å². The smallest absolute Gasteiger partial charge is 0.243 e. The Morgan fingerprint density at radius 1 is 1.28 bits per heavy atom. The summed E-state index contributed by atoms with van der Waals surface area (Å²) in [5, 5.41) is 2.83. The number of hydrogen-bond acceptors (Lipinski definition) is 4. The van der Waals surface area contributed by atoms with Crippen molar-refractivity contribution in [2.75, 3.05) is 6.54 Å². The van der Waals surface area contributed by atoms with Crippen molar-refractivity contribution in [2.24, 2.45) is 0 Å². The Morgan fingerprint density at radius 3 is 2.52 bits per heavy atom. The first-order valence-corrected chi connectivity index (χ1v) is 10.0. The molecule has 2 amide bonds. The van der Waals surface area contributed by atoms with Crippen LogP contribution >= 0.6 is 0 Å². The molecule has 0 aromatic heterocycles. The normalized spacial score (nSPS) is 17.7. The van der Waals surface area contributed by atoms with Crippen LogP contribution in [0.3, 0.4) is 0 Å². The van der Waals surface area contributed by atoms with Crippen LogP contribution in [-0.4, -0.2) is 44.3 Å². The van der Waals surface area contributed by atoms with Gasteiger partial charge in [-0.2, -0.15) is 0 Å². The molecule has 138 valence electrons. The van der Waals surface area contributed by atoms with Crippen LogP contribution in [0.1, 0.15) is 37.8 Å². The second kappa shape index (κ2) is 8.44. The van der Waals surface area contributed by atoms with Gasteiger partial charge in [-0.05, 0) is 37.8 Å². The van der Waals surface area contributed by atoms with Crippen molar-refractivity contribution in [3.63, 3.8) is 0 Å². The number of nitrogens with one attached hydrogen (secondary N) is 2. The Kier molecular flexibility index (Phi) is 6.55. The minimum Gasteiger partial charge on any atom is -0.350 e. The summed E-state index contributed by atoms with van der Waals surface area (Å²) in [6.07, 6.45) is 2.24. The zero-order valence-electron chi connectivity index (χ0n) is 14.6. The number of sulfonamides is 1. The second-order valence-electron chi connectivity index (χ2n) is 6.57. The van der Waals surface area contributed by atoms with Gasteiger partial charge in [-0.25, -0.2) is 13.1 Å². The largest absolute Gasteiger partial charge is 0.350 e. The van der Waals surface area contributed by atoms with E-state index in [0.29, 0.717) is 25.1 Å². The predicted octanol–water partition coefficient (Wildman–Crippen LogP) is 0.751. The maximum absolute atomic E-state index is 12.1. The molecule has 2 rings (SSSR count). The Bertz CT molecular complexity index is 701. The zero-order chi connectivity index (χ0) is 18.4. The molecule has 1 atom stereocenters. The molecule has 25 heavy (non-hydrogen) atoms. The lowest BCUT2D eigenvalue weighted by molar-refractivity contribution is -0.131. The molecule has 8 heteroatoms. The topological polar surface area (TPSA) is 95.6 Å². The number of benzene rings is 1. The van der Waals surface area contributed by atoms with Crippen LogP contribution < -0.4 is 10.0 Å². The van der Waals surface area contributed by atoms with Crippen molar-refractivity contribution in [3.05, 3.63) is 35.4 Å². The molecule has 0 aliphatic carbocycles. The lowest BCUT2D eigenvalue weighted by atomic mass is 10.1.